The number of benzene rings is 1. The van der Waals surface area contributed by atoms with Crippen molar-refractivity contribution in [2.24, 2.45) is 0 Å². The Morgan fingerprint density at radius 2 is 1.86 bits per heavy atom. The van der Waals surface area contributed by atoms with Crippen molar-refractivity contribution in [1.29, 1.82) is 0 Å². The minimum Gasteiger partial charge on any atom is -0.397 e. The van der Waals surface area contributed by atoms with Crippen LogP contribution in [0.3, 0.4) is 0 Å². The SMILES string of the molecule is Nc1cnc(Br)cc1-c1ccccc1. The van der Waals surface area contributed by atoms with Gasteiger partial charge in [0.25, 0.3) is 0 Å². The molecule has 1 aromatic carbocycles. The molecule has 1 aromatic heterocycles. The molecule has 2 N–H and O–H groups in total. The monoisotopic (exact) mass is 248 g/mol. The maximum atomic E-state index is 5.84. The zero-order valence-electron chi connectivity index (χ0n) is 7.44. The van der Waals surface area contributed by atoms with Gasteiger partial charge in [0.05, 0.1) is 11.9 Å². The van der Waals surface area contributed by atoms with Gasteiger partial charge < -0.3 is 5.73 Å². The summed E-state index contributed by atoms with van der Waals surface area (Å²) in [6.45, 7) is 0. The van der Waals surface area contributed by atoms with E-state index in [0.717, 1.165) is 15.7 Å². The van der Waals surface area contributed by atoms with Crippen molar-refractivity contribution in [1.82, 2.24) is 4.98 Å². The predicted molar refractivity (Wildman–Crippen MR) is 61.8 cm³/mol. The number of nitrogens with zero attached hydrogens (tertiary/aromatic N) is 1. The van der Waals surface area contributed by atoms with E-state index in [1.165, 1.54) is 0 Å². The maximum Gasteiger partial charge on any atom is 0.106 e. The Morgan fingerprint density at radius 1 is 1.14 bits per heavy atom. The first-order valence-electron chi connectivity index (χ1n) is 4.24. The van der Waals surface area contributed by atoms with Gasteiger partial charge in [-0.2, -0.15) is 0 Å². The van der Waals surface area contributed by atoms with Gasteiger partial charge in [-0.05, 0) is 27.6 Å². The first-order valence-corrected chi connectivity index (χ1v) is 5.03. The van der Waals surface area contributed by atoms with E-state index in [-0.39, 0.29) is 0 Å². The molecule has 2 aromatic rings. The van der Waals surface area contributed by atoms with Crippen molar-refractivity contribution in [3.05, 3.63) is 47.2 Å². The van der Waals surface area contributed by atoms with Gasteiger partial charge >= 0.3 is 0 Å². The van der Waals surface area contributed by atoms with Crippen LogP contribution < -0.4 is 5.73 Å². The highest BCUT2D eigenvalue weighted by Gasteiger charge is 2.02. The van der Waals surface area contributed by atoms with Gasteiger partial charge in [0, 0.05) is 5.56 Å². The molecule has 0 unspecified atom stereocenters. The minimum absolute atomic E-state index is 0.694. The van der Waals surface area contributed by atoms with Gasteiger partial charge in [-0.15, -0.1) is 0 Å². The molecule has 0 atom stereocenters. The summed E-state index contributed by atoms with van der Waals surface area (Å²) in [4.78, 5) is 4.06. The van der Waals surface area contributed by atoms with Crippen LogP contribution in [0.1, 0.15) is 0 Å². The van der Waals surface area contributed by atoms with Crippen LogP contribution in [0.4, 0.5) is 5.69 Å². The van der Waals surface area contributed by atoms with Crippen LogP contribution >= 0.6 is 15.9 Å². The van der Waals surface area contributed by atoms with Crippen LogP contribution in [0.15, 0.2) is 47.2 Å². The molecule has 14 heavy (non-hydrogen) atoms. The Bertz CT molecular complexity index is 440. The maximum absolute atomic E-state index is 5.84. The molecule has 0 saturated carbocycles. The molecule has 2 nitrogen and oxygen atoms in total. The third kappa shape index (κ3) is 1.77. The molecule has 3 heteroatoms. The first-order chi connectivity index (χ1) is 6.77. The summed E-state index contributed by atoms with van der Waals surface area (Å²) < 4.78 is 0.797. The van der Waals surface area contributed by atoms with Gasteiger partial charge in [0.2, 0.25) is 0 Å². The van der Waals surface area contributed by atoms with Crippen LogP contribution in [-0.2, 0) is 0 Å². The summed E-state index contributed by atoms with van der Waals surface area (Å²) in [5, 5.41) is 0. The highest BCUT2D eigenvalue weighted by molar-refractivity contribution is 9.10. The summed E-state index contributed by atoms with van der Waals surface area (Å²) in [6, 6.07) is 11.9. The molecule has 0 aliphatic heterocycles. The highest BCUT2D eigenvalue weighted by Crippen LogP contribution is 2.26. The first kappa shape index (κ1) is 9.21. The van der Waals surface area contributed by atoms with Crippen LogP contribution in [0.25, 0.3) is 11.1 Å². The zero-order chi connectivity index (χ0) is 9.97. The highest BCUT2D eigenvalue weighted by atomic mass is 79.9. The second-order valence-electron chi connectivity index (χ2n) is 2.96. The smallest absolute Gasteiger partial charge is 0.106 e. The average Bonchev–Trinajstić information content (AvgIpc) is 2.23. The number of anilines is 1. The summed E-state index contributed by atoms with van der Waals surface area (Å²) in [5.41, 5.74) is 8.64. The standard InChI is InChI=1S/C11H9BrN2/c12-11-6-9(10(13)7-14-11)8-4-2-1-3-5-8/h1-7H,13H2. The van der Waals surface area contributed by atoms with Crippen molar-refractivity contribution in [2.45, 2.75) is 0 Å². The van der Waals surface area contributed by atoms with Crippen molar-refractivity contribution in [3.8, 4) is 11.1 Å². The van der Waals surface area contributed by atoms with Crippen molar-refractivity contribution in [3.63, 3.8) is 0 Å². The Kier molecular flexibility index (Phi) is 2.50. The molecule has 0 saturated heterocycles. The quantitative estimate of drug-likeness (QED) is 0.788. The number of nitrogens with two attached hydrogens (primary N) is 1. The van der Waals surface area contributed by atoms with E-state index in [1.807, 2.05) is 36.4 Å². The minimum atomic E-state index is 0.694. The normalized spacial score (nSPS) is 10.1. The Hall–Kier alpha value is -1.35. The van der Waals surface area contributed by atoms with Crippen LogP contribution in [0.2, 0.25) is 0 Å². The van der Waals surface area contributed by atoms with E-state index in [0.29, 0.717) is 5.69 Å². The Balaban J connectivity index is 2.57. The fourth-order valence-corrected chi connectivity index (χ4v) is 1.64. The molecule has 0 aliphatic rings. The van der Waals surface area contributed by atoms with E-state index < -0.39 is 0 Å². The van der Waals surface area contributed by atoms with Crippen molar-refractivity contribution >= 4 is 21.6 Å². The number of hydrogen-bond acceptors (Lipinski definition) is 2. The summed E-state index contributed by atoms with van der Waals surface area (Å²) in [5.74, 6) is 0. The largest absolute Gasteiger partial charge is 0.397 e. The molecular weight excluding hydrogens is 240 g/mol. The average molecular weight is 249 g/mol. The number of pyridine rings is 1. The van der Waals surface area contributed by atoms with Crippen molar-refractivity contribution < 1.29 is 0 Å². The van der Waals surface area contributed by atoms with Crippen LogP contribution in [-0.4, -0.2) is 4.98 Å². The fourth-order valence-electron chi connectivity index (χ4n) is 1.31. The number of halogens is 1. The molecular formula is C11H9BrN2. The molecule has 70 valence electrons. The van der Waals surface area contributed by atoms with Gasteiger partial charge in [-0.3, -0.25) is 0 Å². The lowest BCUT2D eigenvalue weighted by atomic mass is 10.1. The molecule has 2 rings (SSSR count). The summed E-state index contributed by atoms with van der Waals surface area (Å²) >= 11 is 3.33. The van der Waals surface area contributed by atoms with Crippen molar-refractivity contribution in [2.75, 3.05) is 5.73 Å². The Labute approximate surface area is 90.9 Å². The molecule has 0 radical (unpaired) electrons. The zero-order valence-corrected chi connectivity index (χ0v) is 9.03. The fraction of sp³-hybridized carbons (Fsp3) is 0. The summed E-state index contributed by atoms with van der Waals surface area (Å²) in [7, 11) is 0. The predicted octanol–water partition coefficient (Wildman–Crippen LogP) is 3.09. The molecule has 0 bridgehead atoms. The third-order valence-corrected chi connectivity index (χ3v) is 2.42. The Morgan fingerprint density at radius 3 is 2.57 bits per heavy atom. The lowest BCUT2D eigenvalue weighted by Crippen LogP contribution is -1.91. The van der Waals surface area contributed by atoms with Gasteiger partial charge in [0.1, 0.15) is 4.60 Å². The van der Waals surface area contributed by atoms with Gasteiger partial charge in [-0.25, -0.2) is 4.98 Å². The lowest BCUT2D eigenvalue weighted by molar-refractivity contribution is 1.28. The van der Waals surface area contributed by atoms with Crippen LogP contribution in [0.5, 0.6) is 0 Å². The van der Waals surface area contributed by atoms with Gasteiger partial charge in [0.15, 0.2) is 0 Å². The summed E-state index contributed by atoms with van der Waals surface area (Å²) in [6.07, 6.45) is 1.66. The van der Waals surface area contributed by atoms with Gasteiger partial charge in [-0.1, -0.05) is 30.3 Å². The topological polar surface area (TPSA) is 38.9 Å². The molecule has 0 aliphatic carbocycles. The second kappa shape index (κ2) is 3.80. The van der Waals surface area contributed by atoms with Crippen LogP contribution in [0, 0.1) is 0 Å². The molecule has 0 spiro atoms. The molecule has 0 fully saturated rings. The second-order valence-corrected chi connectivity index (χ2v) is 3.77. The number of hydrogen-bond donors (Lipinski definition) is 1. The van der Waals surface area contributed by atoms with E-state index in [1.54, 1.807) is 6.20 Å². The third-order valence-electron chi connectivity index (χ3n) is 1.99. The number of aromatic nitrogens is 1. The molecule has 0 amide bonds. The van der Waals surface area contributed by atoms with E-state index in [9.17, 15) is 0 Å². The van der Waals surface area contributed by atoms with E-state index in [2.05, 4.69) is 20.9 Å². The van der Waals surface area contributed by atoms with E-state index >= 15 is 0 Å². The molecule has 1 heterocycles. The van der Waals surface area contributed by atoms with E-state index in [4.69, 9.17) is 5.73 Å². The number of rotatable bonds is 1. The lowest BCUT2D eigenvalue weighted by Gasteiger charge is -2.05. The number of nitrogen functional groups attached to an aromatic ring is 1.